The maximum Gasteiger partial charge on any atom is 0.262 e. The lowest BCUT2D eigenvalue weighted by molar-refractivity contribution is 0.0953. The summed E-state index contributed by atoms with van der Waals surface area (Å²) >= 11 is 0. The van der Waals surface area contributed by atoms with Gasteiger partial charge in [-0.15, -0.1) is 0 Å². The van der Waals surface area contributed by atoms with Crippen molar-refractivity contribution in [3.8, 4) is 0 Å². The second kappa shape index (κ2) is 9.79. The number of carbonyl (C=O) groups excluding carboxylic acids is 1. The molecule has 5 nitrogen and oxygen atoms in total. The molecule has 3 rings (SSSR count). The van der Waals surface area contributed by atoms with Gasteiger partial charge in [-0.3, -0.25) is 9.52 Å². The van der Waals surface area contributed by atoms with Crippen LogP contribution in [0.15, 0.2) is 71.6 Å². The minimum atomic E-state index is -3.82. The number of anilines is 1. The number of rotatable bonds is 8. The third-order valence-corrected chi connectivity index (χ3v) is 6.69. The van der Waals surface area contributed by atoms with E-state index in [2.05, 4.69) is 41.2 Å². The molecule has 0 aliphatic heterocycles. The molecule has 162 valence electrons. The van der Waals surface area contributed by atoms with E-state index in [-0.39, 0.29) is 10.8 Å². The van der Waals surface area contributed by atoms with E-state index in [1.807, 2.05) is 19.1 Å². The van der Waals surface area contributed by atoms with Crippen LogP contribution in [-0.4, -0.2) is 20.9 Å². The minimum Gasteiger partial charge on any atom is -0.352 e. The zero-order chi connectivity index (χ0) is 22.4. The maximum absolute atomic E-state index is 12.9. The summed E-state index contributed by atoms with van der Waals surface area (Å²) < 4.78 is 28.5. The summed E-state index contributed by atoms with van der Waals surface area (Å²) in [4.78, 5) is 12.7. The van der Waals surface area contributed by atoms with Crippen LogP contribution in [-0.2, 0) is 16.4 Å². The Balaban J connectivity index is 1.66. The van der Waals surface area contributed by atoms with Gasteiger partial charge in [0, 0.05) is 12.1 Å². The van der Waals surface area contributed by atoms with Crippen molar-refractivity contribution in [3.63, 3.8) is 0 Å². The molecule has 0 bridgehead atoms. The van der Waals surface area contributed by atoms with Crippen LogP contribution >= 0.6 is 0 Å². The number of amides is 1. The van der Waals surface area contributed by atoms with Gasteiger partial charge in [0.25, 0.3) is 15.9 Å². The molecule has 0 aromatic heterocycles. The van der Waals surface area contributed by atoms with Gasteiger partial charge in [-0.05, 0) is 68.5 Å². The normalized spacial score (nSPS) is 11.2. The number of para-hydroxylation sites is 1. The molecule has 0 unspecified atom stereocenters. The molecular formula is C25H28N2O3S. The quantitative estimate of drug-likeness (QED) is 0.499. The van der Waals surface area contributed by atoms with Crippen molar-refractivity contribution in [2.75, 3.05) is 11.3 Å². The lowest BCUT2D eigenvalue weighted by atomic mass is 10.1. The number of hydrogen-bond donors (Lipinski definition) is 2. The summed E-state index contributed by atoms with van der Waals surface area (Å²) in [6.45, 7) is 6.13. The van der Waals surface area contributed by atoms with E-state index < -0.39 is 10.0 Å². The summed E-state index contributed by atoms with van der Waals surface area (Å²) in [7, 11) is -3.82. The summed E-state index contributed by atoms with van der Waals surface area (Å²) in [6.07, 6.45) is 1.68. The first-order valence-electron chi connectivity index (χ1n) is 10.3. The van der Waals surface area contributed by atoms with E-state index in [9.17, 15) is 13.2 Å². The molecule has 0 fully saturated rings. The highest BCUT2D eigenvalue weighted by atomic mass is 32.2. The molecule has 1 amide bonds. The Hall–Kier alpha value is -3.12. The van der Waals surface area contributed by atoms with Gasteiger partial charge in [-0.1, -0.05) is 54.1 Å². The Morgan fingerprint density at radius 1 is 0.871 bits per heavy atom. The average molecular weight is 437 g/mol. The fourth-order valence-electron chi connectivity index (χ4n) is 3.27. The Labute approximate surface area is 184 Å². The topological polar surface area (TPSA) is 75.3 Å². The van der Waals surface area contributed by atoms with Gasteiger partial charge >= 0.3 is 0 Å². The van der Waals surface area contributed by atoms with E-state index in [4.69, 9.17) is 0 Å². The molecule has 6 heteroatoms. The first kappa shape index (κ1) is 22.6. The molecule has 0 spiro atoms. The molecular weight excluding hydrogens is 408 g/mol. The second-order valence-corrected chi connectivity index (χ2v) is 9.40. The van der Waals surface area contributed by atoms with Crippen LogP contribution in [0.3, 0.4) is 0 Å². The SMILES string of the molecule is Cc1ccc(CCCNC(=O)c2ccc(C)c(S(=O)(=O)Nc3ccccc3C)c2)cc1. The molecule has 0 saturated heterocycles. The molecule has 0 saturated carbocycles. The first-order chi connectivity index (χ1) is 14.8. The van der Waals surface area contributed by atoms with Crippen LogP contribution in [0.5, 0.6) is 0 Å². The fraction of sp³-hybridized carbons (Fsp3) is 0.240. The fourth-order valence-corrected chi connectivity index (χ4v) is 4.67. The van der Waals surface area contributed by atoms with Gasteiger partial charge in [-0.2, -0.15) is 0 Å². The molecule has 2 N–H and O–H groups in total. The molecule has 31 heavy (non-hydrogen) atoms. The van der Waals surface area contributed by atoms with E-state index in [1.165, 1.54) is 17.2 Å². The van der Waals surface area contributed by atoms with E-state index in [1.54, 1.807) is 31.2 Å². The highest BCUT2D eigenvalue weighted by Crippen LogP contribution is 2.22. The second-order valence-electron chi connectivity index (χ2n) is 7.75. The molecule has 0 radical (unpaired) electrons. The third kappa shape index (κ3) is 5.95. The van der Waals surface area contributed by atoms with Gasteiger partial charge in [0.2, 0.25) is 0 Å². The van der Waals surface area contributed by atoms with Crippen molar-refractivity contribution >= 4 is 21.6 Å². The highest BCUT2D eigenvalue weighted by molar-refractivity contribution is 7.92. The molecule has 3 aromatic carbocycles. The molecule has 3 aromatic rings. The molecule has 0 aliphatic carbocycles. The van der Waals surface area contributed by atoms with Crippen molar-refractivity contribution < 1.29 is 13.2 Å². The van der Waals surface area contributed by atoms with E-state index >= 15 is 0 Å². The monoisotopic (exact) mass is 436 g/mol. The molecule has 0 atom stereocenters. The average Bonchev–Trinajstić information content (AvgIpc) is 2.74. The van der Waals surface area contributed by atoms with Gasteiger partial charge < -0.3 is 5.32 Å². The zero-order valence-electron chi connectivity index (χ0n) is 18.1. The summed E-state index contributed by atoms with van der Waals surface area (Å²) in [5, 5.41) is 2.88. The van der Waals surface area contributed by atoms with Crippen molar-refractivity contribution in [3.05, 3.63) is 94.5 Å². The van der Waals surface area contributed by atoms with Crippen LogP contribution in [0.4, 0.5) is 5.69 Å². The zero-order valence-corrected chi connectivity index (χ0v) is 18.9. The number of nitrogens with one attached hydrogen (secondary N) is 2. The van der Waals surface area contributed by atoms with E-state index in [0.29, 0.717) is 23.4 Å². The summed E-state index contributed by atoms with van der Waals surface area (Å²) in [5.74, 6) is -0.281. The Bertz CT molecular complexity index is 1170. The van der Waals surface area contributed by atoms with Crippen LogP contribution < -0.4 is 10.0 Å². The lowest BCUT2D eigenvalue weighted by Crippen LogP contribution is -2.25. The van der Waals surface area contributed by atoms with Crippen molar-refractivity contribution in [1.82, 2.24) is 5.32 Å². The predicted molar refractivity (Wildman–Crippen MR) is 125 cm³/mol. The summed E-state index contributed by atoms with van der Waals surface area (Å²) in [5.41, 5.74) is 4.70. The van der Waals surface area contributed by atoms with Gasteiger partial charge in [0.15, 0.2) is 0 Å². The maximum atomic E-state index is 12.9. The lowest BCUT2D eigenvalue weighted by Gasteiger charge is -2.13. The van der Waals surface area contributed by atoms with Crippen LogP contribution in [0.1, 0.15) is 39.0 Å². The van der Waals surface area contributed by atoms with Crippen molar-refractivity contribution in [1.29, 1.82) is 0 Å². The van der Waals surface area contributed by atoms with E-state index in [0.717, 1.165) is 18.4 Å². The Kier molecular flexibility index (Phi) is 7.13. The Morgan fingerprint density at radius 3 is 2.29 bits per heavy atom. The van der Waals surface area contributed by atoms with Crippen molar-refractivity contribution in [2.24, 2.45) is 0 Å². The number of aryl methyl sites for hydroxylation is 4. The van der Waals surface area contributed by atoms with Crippen LogP contribution in [0, 0.1) is 20.8 Å². The largest absolute Gasteiger partial charge is 0.352 e. The van der Waals surface area contributed by atoms with Crippen LogP contribution in [0.25, 0.3) is 0 Å². The third-order valence-electron chi connectivity index (χ3n) is 5.18. The predicted octanol–water partition coefficient (Wildman–Crippen LogP) is 4.78. The number of benzene rings is 3. The molecule has 0 aliphatic rings. The summed E-state index contributed by atoms with van der Waals surface area (Å²) in [6, 6.07) is 20.3. The van der Waals surface area contributed by atoms with Crippen LogP contribution in [0.2, 0.25) is 0 Å². The van der Waals surface area contributed by atoms with Gasteiger partial charge in [0.1, 0.15) is 0 Å². The first-order valence-corrected chi connectivity index (χ1v) is 11.8. The Morgan fingerprint density at radius 2 is 1.58 bits per heavy atom. The minimum absolute atomic E-state index is 0.100. The van der Waals surface area contributed by atoms with Gasteiger partial charge in [-0.25, -0.2) is 8.42 Å². The number of hydrogen-bond acceptors (Lipinski definition) is 3. The number of sulfonamides is 1. The standard InChI is InChI=1S/C25H28N2O3S/c1-18-10-13-21(14-11-18)8-6-16-26-25(28)22-15-12-20(3)24(17-22)31(29,30)27-23-9-5-4-7-19(23)2/h4-5,7,9-15,17,27H,6,8,16H2,1-3H3,(H,26,28). The highest BCUT2D eigenvalue weighted by Gasteiger charge is 2.20. The smallest absolute Gasteiger partial charge is 0.262 e. The molecule has 0 heterocycles. The van der Waals surface area contributed by atoms with Gasteiger partial charge in [0.05, 0.1) is 10.6 Å². The van der Waals surface area contributed by atoms with Crippen molar-refractivity contribution in [2.45, 2.75) is 38.5 Å². The number of carbonyl (C=O) groups is 1.